The van der Waals surface area contributed by atoms with Crippen molar-refractivity contribution in [2.24, 2.45) is 5.73 Å². The van der Waals surface area contributed by atoms with Gasteiger partial charge in [0.1, 0.15) is 23.5 Å². The number of amides is 1. The zero-order valence-corrected chi connectivity index (χ0v) is 14.0. The normalized spacial score (nSPS) is 13.5. The maximum absolute atomic E-state index is 14.1. The topological polar surface area (TPSA) is 97.9 Å². The zero-order valence-electron chi connectivity index (χ0n) is 14.0. The van der Waals surface area contributed by atoms with Gasteiger partial charge in [-0.1, -0.05) is 19.1 Å². The summed E-state index contributed by atoms with van der Waals surface area (Å²) >= 11 is 0. The van der Waals surface area contributed by atoms with Crippen molar-refractivity contribution >= 4 is 16.8 Å². The fraction of sp³-hybridized carbons (Fsp3) is 0.167. The molecule has 2 atom stereocenters. The second-order valence-electron chi connectivity index (χ2n) is 6.07. The van der Waals surface area contributed by atoms with Crippen LogP contribution in [0.5, 0.6) is 0 Å². The summed E-state index contributed by atoms with van der Waals surface area (Å²) in [6.45, 7) is 1.35. The van der Waals surface area contributed by atoms with Gasteiger partial charge in [-0.05, 0) is 23.8 Å². The highest BCUT2D eigenvalue weighted by molar-refractivity contribution is 5.81. The first kappa shape index (κ1) is 18.4. The smallest absolute Gasteiger partial charge is 0.329 e. The second-order valence-corrected chi connectivity index (χ2v) is 6.07. The molecule has 3 rings (SSSR count). The molecule has 0 spiro atoms. The predicted octanol–water partition coefficient (Wildman–Crippen LogP) is 1.94. The Kier molecular flexibility index (Phi) is 4.61. The lowest BCUT2D eigenvalue weighted by Crippen LogP contribution is -2.45. The molecule has 1 aromatic heterocycles. The van der Waals surface area contributed by atoms with Gasteiger partial charge in [0, 0.05) is 12.0 Å². The Morgan fingerprint density at radius 1 is 1.11 bits per heavy atom. The quantitative estimate of drug-likeness (QED) is 0.727. The van der Waals surface area contributed by atoms with Crippen molar-refractivity contribution in [2.75, 3.05) is 0 Å². The van der Waals surface area contributed by atoms with Gasteiger partial charge in [0.15, 0.2) is 0 Å². The number of aromatic nitrogens is 2. The molecule has 0 fully saturated rings. The van der Waals surface area contributed by atoms with Crippen LogP contribution in [0.4, 0.5) is 13.2 Å². The number of nitrogens with one attached hydrogen (secondary N) is 1. The number of H-pyrrole nitrogens is 1. The van der Waals surface area contributed by atoms with E-state index in [9.17, 15) is 27.6 Å². The molecule has 3 aromatic rings. The Morgan fingerprint density at radius 2 is 1.81 bits per heavy atom. The maximum atomic E-state index is 14.1. The molecule has 2 aromatic carbocycles. The van der Waals surface area contributed by atoms with E-state index in [1.807, 2.05) is 0 Å². The number of carbonyl (C=O) groups is 1. The van der Waals surface area contributed by atoms with E-state index in [2.05, 4.69) is 4.98 Å². The summed E-state index contributed by atoms with van der Waals surface area (Å²) in [5.41, 5.74) is 3.11. The molecule has 0 aliphatic rings. The number of aromatic amines is 1. The van der Waals surface area contributed by atoms with Crippen LogP contribution >= 0.6 is 0 Å². The molecule has 27 heavy (non-hydrogen) atoms. The predicted molar refractivity (Wildman–Crippen MR) is 91.8 cm³/mol. The van der Waals surface area contributed by atoms with Crippen LogP contribution in [-0.2, 0) is 4.79 Å². The molecular formula is C18H14F3N3O3. The van der Waals surface area contributed by atoms with Crippen molar-refractivity contribution < 1.29 is 18.0 Å². The number of carbonyl (C=O) groups excluding carboxylic acids is 1. The minimum absolute atomic E-state index is 0.0508. The van der Waals surface area contributed by atoms with Crippen molar-refractivity contribution in [3.63, 3.8) is 0 Å². The average molecular weight is 377 g/mol. The highest BCUT2D eigenvalue weighted by Gasteiger charge is 2.31. The molecule has 0 radical (unpaired) electrons. The lowest BCUT2D eigenvalue weighted by Gasteiger charge is -2.23. The van der Waals surface area contributed by atoms with Crippen LogP contribution in [0.15, 0.2) is 46.0 Å². The first-order chi connectivity index (χ1) is 12.7. The molecule has 2 unspecified atom stereocenters. The first-order valence-electron chi connectivity index (χ1n) is 7.89. The average Bonchev–Trinajstić information content (AvgIpc) is 2.57. The fourth-order valence-electron chi connectivity index (χ4n) is 3.12. The molecule has 3 N–H and O–H groups in total. The third kappa shape index (κ3) is 3.12. The van der Waals surface area contributed by atoms with Crippen molar-refractivity contribution in [1.29, 1.82) is 0 Å². The SMILES string of the molecule is CC(c1ccc(F)cc1F)C(C(N)=O)n1c(=O)[nH]c2cccc(F)c2c1=O. The molecule has 0 saturated heterocycles. The highest BCUT2D eigenvalue weighted by atomic mass is 19.1. The molecule has 0 bridgehead atoms. The van der Waals surface area contributed by atoms with E-state index in [0.717, 1.165) is 18.2 Å². The van der Waals surface area contributed by atoms with Crippen LogP contribution in [0.2, 0.25) is 0 Å². The minimum atomic E-state index is -1.62. The van der Waals surface area contributed by atoms with Crippen LogP contribution in [0.25, 0.3) is 10.9 Å². The molecule has 1 heterocycles. The summed E-state index contributed by atoms with van der Waals surface area (Å²) < 4.78 is 41.9. The number of nitrogens with zero attached hydrogens (tertiary/aromatic N) is 1. The number of hydrogen-bond acceptors (Lipinski definition) is 3. The maximum Gasteiger partial charge on any atom is 0.329 e. The Morgan fingerprint density at radius 3 is 2.44 bits per heavy atom. The zero-order chi connectivity index (χ0) is 19.9. The van der Waals surface area contributed by atoms with E-state index in [0.29, 0.717) is 10.6 Å². The van der Waals surface area contributed by atoms with Crippen LogP contribution in [-0.4, -0.2) is 15.5 Å². The Balaban J connectivity index is 2.28. The number of primary amides is 1. The first-order valence-corrected chi connectivity index (χ1v) is 7.89. The number of rotatable bonds is 4. The van der Waals surface area contributed by atoms with E-state index in [-0.39, 0.29) is 11.1 Å². The lowest BCUT2D eigenvalue weighted by molar-refractivity contribution is -0.121. The van der Waals surface area contributed by atoms with Gasteiger partial charge in [-0.3, -0.25) is 9.59 Å². The number of halogens is 3. The van der Waals surface area contributed by atoms with Crippen LogP contribution < -0.4 is 17.0 Å². The van der Waals surface area contributed by atoms with E-state index < -0.39 is 52.0 Å². The fourth-order valence-corrected chi connectivity index (χ4v) is 3.12. The van der Waals surface area contributed by atoms with Crippen LogP contribution in [0.3, 0.4) is 0 Å². The van der Waals surface area contributed by atoms with Gasteiger partial charge in [-0.25, -0.2) is 22.5 Å². The standard InChI is InChI=1S/C18H14F3N3O3/c1-8(10-6-5-9(19)7-12(10)21)15(16(22)25)24-17(26)14-11(20)3-2-4-13(14)23-18(24)27/h2-8,15H,1H3,(H2,22,25)(H,23,27). The van der Waals surface area contributed by atoms with Crippen molar-refractivity contribution in [3.05, 3.63) is 80.3 Å². The van der Waals surface area contributed by atoms with Crippen molar-refractivity contribution in [3.8, 4) is 0 Å². The summed E-state index contributed by atoms with van der Waals surface area (Å²) in [5.74, 6) is -4.90. The third-order valence-corrected chi connectivity index (χ3v) is 4.40. The molecule has 6 nitrogen and oxygen atoms in total. The highest BCUT2D eigenvalue weighted by Crippen LogP contribution is 2.29. The minimum Gasteiger partial charge on any atom is -0.368 e. The number of fused-ring (bicyclic) bond motifs is 1. The molecule has 1 amide bonds. The van der Waals surface area contributed by atoms with Gasteiger partial charge in [0.05, 0.1) is 10.9 Å². The molecular weight excluding hydrogens is 363 g/mol. The van der Waals surface area contributed by atoms with Gasteiger partial charge in [0.2, 0.25) is 5.91 Å². The van der Waals surface area contributed by atoms with E-state index >= 15 is 0 Å². The summed E-state index contributed by atoms with van der Waals surface area (Å²) in [6, 6.07) is 4.70. The van der Waals surface area contributed by atoms with Gasteiger partial charge < -0.3 is 10.7 Å². The molecule has 0 aliphatic carbocycles. The van der Waals surface area contributed by atoms with Gasteiger partial charge >= 0.3 is 5.69 Å². The summed E-state index contributed by atoms with van der Waals surface area (Å²) in [7, 11) is 0. The number of hydrogen-bond donors (Lipinski definition) is 2. The van der Waals surface area contributed by atoms with Crippen molar-refractivity contribution in [1.82, 2.24) is 9.55 Å². The van der Waals surface area contributed by atoms with E-state index in [4.69, 9.17) is 5.73 Å². The largest absolute Gasteiger partial charge is 0.368 e. The summed E-state index contributed by atoms with van der Waals surface area (Å²) in [6.07, 6.45) is 0. The molecule has 140 valence electrons. The number of benzene rings is 2. The lowest BCUT2D eigenvalue weighted by atomic mass is 9.92. The summed E-state index contributed by atoms with van der Waals surface area (Å²) in [5, 5.41) is -0.435. The Bertz CT molecular complexity index is 1170. The van der Waals surface area contributed by atoms with Crippen LogP contribution in [0.1, 0.15) is 24.4 Å². The van der Waals surface area contributed by atoms with Crippen molar-refractivity contribution in [2.45, 2.75) is 18.9 Å². The summed E-state index contributed by atoms with van der Waals surface area (Å²) in [4.78, 5) is 39.5. The Hall–Kier alpha value is -3.36. The molecule has 0 saturated carbocycles. The van der Waals surface area contributed by atoms with Gasteiger partial charge in [0.25, 0.3) is 5.56 Å². The molecule has 0 aliphatic heterocycles. The second kappa shape index (κ2) is 6.75. The third-order valence-electron chi connectivity index (χ3n) is 4.40. The van der Waals surface area contributed by atoms with E-state index in [1.165, 1.54) is 19.1 Å². The van der Waals surface area contributed by atoms with Crippen LogP contribution in [0, 0.1) is 17.5 Å². The Labute approximate surface area is 150 Å². The van der Waals surface area contributed by atoms with Gasteiger partial charge in [-0.15, -0.1) is 0 Å². The number of nitrogens with two attached hydrogens (primary N) is 1. The molecule has 9 heteroatoms. The van der Waals surface area contributed by atoms with E-state index in [1.54, 1.807) is 0 Å². The van der Waals surface area contributed by atoms with Gasteiger partial charge in [-0.2, -0.15) is 0 Å². The monoisotopic (exact) mass is 377 g/mol.